The maximum absolute atomic E-state index is 13.5. The molecule has 0 unspecified atom stereocenters. The first kappa shape index (κ1) is 18.8. The van der Waals surface area contributed by atoms with Crippen molar-refractivity contribution in [2.75, 3.05) is 5.32 Å². The summed E-state index contributed by atoms with van der Waals surface area (Å²) in [5.41, 5.74) is 1.07. The predicted octanol–water partition coefficient (Wildman–Crippen LogP) is 4.29. The van der Waals surface area contributed by atoms with Crippen LogP contribution in [0.4, 0.5) is 10.1 Å². The molecule has 0 aliphatic carbocycles. The van der Waals surface area contributed by atoms with Gasteiger partial charge in [0.25, 0.3) is 11.5 Å². The Labute approximate surface area is 156 Å². The van der Waals surface area contributed by atoms with Crippen LogP contribution in [0, 0.1) is 12.7 Å². The molecule has 6 heteroatoms. The van der Waals surface area contributed by atoms with Gasteiger partial charge in [0, 0.05) is 17.6 Å². The lowest BCUT2D eigenvalue weighted by molar-refractivity contribution is 0.102. The molecule has 0 bridgehead atoms. The van der Waals surface area contributed by atoms with Crippen LogP contribution in [-0.4, -0.2) is 15.7 Å². The van der Waals surface area contributed by atoms with E-state index in [-0.39, 0.29) is 11.3 Å². The molecule has 140 valence electrons. The first-order valence-corrected chi connectivity index (χ1v) is 9.08. The van der Waals surface area contributed by atoms with Crippen LogP contribution in [0.2, 0.25) is 0 Å². The van der Waals surface area contributed by atoms with Crippen LogP contribution < -0.4 is 10.9 Å². The molecule has 0 saturated carbocycles. The lowest BCUT2D eigenvalue weighted by Gasteiger charge is -2.12. The molecule has 27 heavy (non-hydrogen) atoms. The number of fused-ring (bicyclic) bond motifs is 1. The Morgan fingerprint density at radius 1 is 1.15 bits per heavy atom. The summed E-state index contributed by atoms with van der Waals surface area (Å²) in [5, 5.41) is 7.97. The van der Waals surface area contributed by atoms with E-state index < -0.39 is 11.7 Å². The predicted molar refractivity (Wildman–Crippen MR) is 105 cm³/mol. The second-order valence-corrected chi connectivity index (χ2v) is 6.54. The normalized spacial score (nSPS) is 10.9. The van der Waals surface area contributed by atoms with E-state index >= 15 is 0 Å². The number of hydrogen-bond acceptors (Lipinski definition) is 3. The lowest BCUT2D eigenvalue weighted by atomic mass is 10.1. The molecule has 5 nitrogen and oxygen atoms in total. The van der Waals surface area contributed by atoms with Gasteiger partial charge < -0.3 is 5.32 Å². The van der Waals surface area contributed by atoms with E-state index in [0.29, 0.717) is 23.0 Å². The summed E-state index contributed by atoms with van der Waals surface area (Å²) in [6, 6.07) is 11.1. The van der Waals surface area contributed by atoms with Gasteiger partial charge in [0.05, 0.1) is 5.39 Å². The molecule has 0 spiro atoms. The van der Waals surface area contributed by atoms with E-state index in [4.69, 9.17) is 0 Å². The highest BCUT2D eigenvalue weighted by atomic mass is 19.1. The Morgan fingerprint density at radius 2 is 1.89 bits per heavy atom. The Balaban J connectivity index is 2.03. The highest BCUT2D eigenvalue weighted by Gasteiger charge is 2.17. The van der Waals surface area contributed by atoms with Crippen molar-refractivity contribution < 1.29 is 9.18 Å². The zero-order chi connectivity index (χ0) is 19.4. The van der Waals surface area contributed by atoms with Crippen molar-refractivity contribution in [3.8, 4) is 0 Å². The van der Waals surface area contributed by atoms with Gasteiger partial charge in [0.1, 0.15) is 5.82 Å². The van der Waals surface area contributed by atoms with Crippen LogP contribution in [-0.2, 0) is 6.54 Å². The molecule has 1 heterocycles. The smallest absolute Gasteiger partial charge is 0.276 e. The van der Waals surface area contributed by atoms with Crippen molar-refractivity contribution in [2.24, 2.45) is 0 Å². The zero-order valence-corrected chi connectivity index (χ0v) is 15.5. The van der Waals surface area contributed by atoms with Gasteiger partial charge in [-0.25, -0.2) is 9.07 Å². The van der Waals surface area contributed by atoms with Crippen LogP contribution >= 0.6 is 0 Å². The van der Waals surface area contributed by atoms with Crippen molar-refractivity contribution in [1.82, 2.24) is 9.78 Å². The van der Waals surface area contributed by atoms with E-state index in [1.165, 1.54) is 16.8 Å². The number of carbonyl (C=O) groups is 1. The number of hydrogen-bond donors (Lipinski definition) is 1. The molecular weight excluding hydrogens is 345 g/mol. The monoisotopic (exact) mass is 367 g/mol. The Hall–Kier alpha value is -3.02. The van der Waals surface area contributed by atoms with Gasteiger partial charge in [0.15, 0.2) is 5.69 Å². The van der Waals surface area contributed by atoms with Gasteiger partial charge >= 0.3 is 0 Å². The third-order valence-corrected chi connectivity index (χ3v) is 4.50. The quantitative estimate of drug-likeness (QED) is 0.661. The highest BCUT2D eigenvalue weighted by molar-refractivity contribution is 6.11. The molecule has 2 aromatic carbocycles. The van der Waals surface area contributed by atoms with Crippen molar-refractivity contribution in [1.29, 1.82) is 0 Å². The molecule has 3 rings (SSSR count). The van der Waals surface area contributed by atoms with Gasteiger partial charge in [0.2, 0.25) is 0 Å². The topological polar surface area (TPSA) is 64.0 Å². The van der Waals surface area contributed by atoms with Gasteiger partial charge in [-0.2, -0.15) is 5.10 Å². The summed E-state index contributed by atoms with van der Waals surface area (Å²) in [7, 11) is 0. The van der Waals surface area contributed by atoms with E-state index in [1.807, 2.05) is 0 Å². The van der Waals surface area contributed by atoms with Crippen LogP contribution in [0.15, 0.2) is 47.3 Å². The van der Waals surface area contributed by atoms with Crippen molar-refractivity contribution in [2.45, 2.75) is 39.7 Å². The number of anilines is 1. The third-order valence-electron chi connectivity index (χ3n) is 4.50. The minimum absolute atomic E-state index is 0.158. The van der Waals surface area contributed by atoms with Gasteiger partial charge in [-0.05, 0) is 37.1 Å². The number of nitrogens with zero attached hydrogens (tertiary/aromatic N) is 2. The van der Waals surface area contributed by atoms with Gasteiger partial charge in [-0.3, -0.25) is 9.59 Å². The van der Waals surface area contributed by atoms with Crippen molar-refractivity contribution in [3.63, 3.8) is 0 Å². The second kappa shape index (κ2) is 8.12. The van der Waals surface area contributed by atoms with Crippen LogP contribution in [0.25, 0.3) is 10.8 Å². The van der Waals surface area contributed by atoms with Crippen LogP contribution in [0.5, 0.6) is 0 Å². The molecular formula is C21H22FN3O2. The Kier molecular flexibility index (Phi) is 5.64. The molecule has 0 radical (unpaired) electrons. The molecule has 0 fully saturated rings. The fourth-order valence-corrected chi connectivity index (χ4v) is 2.98. The fourth-order valence-electron chi connectivity index (χ4n) is 2.98. The van der Waals surface area contributed by atoms with E-state index in [1.54, 1.807) is 37.3 Å². The standard InChI is InChI=1S/C21H22FN3O2/c1-3-4-7-12-25-21(27)17-9-6-5-8-16(17)19(24-25)20(26)23-18-13-15(22)11-10-14(18)2/h5-6,8-11,13H,3-4,7,12H2,1-2H3,(H,23,26). The summed E-state index contributed by atoms with van der Waals surface area (Å²) in [6.45, 7) is 4.32. The summed E-state index contributed by atoms with van der Waals surface area (Å²) >= 11 is 0. The minimum atomic E-state index is -0.468. The number of unbranched alkanes of at least 4 members (excludes halogenated alkanes) is 2. The molecule has 0 atom stereocenters. The number of carbonyl (C=O) groups excluding carboxylic acids is 1. The third kappa shape index (κ3) is 4.05. The second-order valence-electron chi connectivity index (χ2n) is 6.54. The summed E-state index contributed by atoms with van der Waals surface area (Å²) in [5.74, 6) is -0.901. The number of rotatable bonds is 6. The van der Waals surface area contributed by atoms with Crippen molar-refractivity contribution >= 4 is 22.4 Å². The highest BCUT2D eigenvalue weighted by Crippen LogP contribution is 2.19. The molecule has 0 aliphatic rings. The summed E-state index contributed by atoms with van der Waals surface area (Å²) < 4.78 is 14.9. The number of halogens is 1. The number of aromatic nitrogens is 2. The van der Waals surface area contributed by atoms with Gasteiger partial charge in [-0.1, -0.05) is 44.0 Å². The van der Waals surface area contributed by atoms with Gasteiger partial charge in [-0.15, -0.1) is 0 Å². The van der Waals surface area contributed by atoms with Crippen LogP contribution in [0.3, 0.4) is 0 Å². The minimum Gasteiger partial charge on any atom is -0.320 e. The number of benzene rings is 2. The first-order valence-electron chi connectivity index (χ1n) is 9.08. The Bertz CT molecular complexity index is 1040. The number of aryl methyl sites for hydroxylation is 2. The SMILES string of the molecule is CCCCCn1nc(C(=O)Nc2cc(F)ccc2C)c2ccccc2c1=O. The molecule has 1 aromatic heterocycles. The maximum Gasteiger partial charge on any atom is 0.276 e. The first-order chi connectivity index (χ1) is 13.0. The average Bonchev–Trinajstić information content (AvgIpc) is 2.66. The van der Waals surface area contributed by atoms with Crippen molar-refractivity contribution in [3.05, 3.63) is 69.9 Å². The van der Waals surface area contributed by atoms with E-state index in [2.05, 4.69) is 17.3 Å². The van der Waals surface area contributed by atoms with E-state index in [9.17, 15) is 14.0 Å². The van der Waals surface area contributed by atoms with Crippen LogP contribution in [0.1, 0.15) is 42.2 Å². The molecule has 1 amide bonds. The molecule has 1 N–H and O–H groups in total. The molecule has 0 aliphatic heterocycles. The molecule has 3 aromatic rings. The lowest BCUT2D eigenvalue weighted by Crippen LogP contribution is -2.28. The summed E-state index contributed by atoms with van der Waals surface area (Å²) in [4.78, 5) is 25.5. The fraction of sp³-hybridized carbons (Fsp3) is 0.286. The largest absolute Gasteiger partial charge is 0.320 e. The average molecular weight is 367 g/mol. The maximum atomic E-state index is 13.5. The number of nitrogens with one attached hydrogen (secondary N) is 1. The zero-order valence-electron chi connectivity index (χ0n) is 15.5. The summed E-state index contributed by atoms with van der Waals surface area (Å²) in [6.07, 6.45) is 2.81. The molecule has 0 saturated heterocycles. The Morgan fingerprint density at radius 3 is 2.63 bits per heavy atom. The number of amides is 1. The van der Waals surface area contributed by atoms with E-state index in [0.717, 1.165) is 24.8 Å².